The van der Waals surface area contributed by atoms with Crippen molar-refractivity contribution in [2.45, 2.75) is 6.42 Å². The normalized spacial score (nSPS) is 18.3. The van der Waals surface area contributed by atoms with Gasteiger partial charge < -0.3 is 5.32 Å². The Hall–Kier alpha value is -6.44. The van der Waals surface area contributed by atoms with Gasteiger partial charge in [0.15, 0.2) is 0 Å². The van der Waals surface area contributed by atoms with E-state index in [1.54, 1.807) is 0 Å². The van der Waals surface area contributed by atoms with Crippen LogP contribution in [0.3, 0.4) is 0 Å². The van der Waals surface area contributed by atoms with Crippen LogP contribution < -0.4 is 5.32 Å². The number of benzene rings is 6. The molecule has 51 heavy (non-hydrogen) atoms. The lowest BCUT2D eigenvalue weighted by molar-refractivity contribution is 0.700. The highest BCUT2D eigenvalue weighted by Gasteiger charge is 2.49. The van der Waals surface area contributed by atoms with E-state index in [9.17, 15) is 0 Å². The number of allylic oxidation sites excluding steroid dienone is 7. The van der Waals surface area contributed by atoms with Gasteiger partial charge in [-0.3, -0.25) is 0 Å². The topological polar surface area (TPSA) is 12.0 Å². The number of nitrogens with one attached hydrogen (secondary N) is 1. The second kappa shape index (κ2) is 10.8. The monoisotopic (exact) mass is 647 g/mol. The van der Waals surface area contributed by atoms with E-state index in [4.69, 9.17) is 0 Å². The summed E-state index contributed by atoms with van der Waals surface area (Å²) in [5.41, 5.74) is 22.5. The average Bonchev–Trinajstić information content (AvgIpc) is 3.89. The first-order chi connectivity index (χ1) is 25.3. The van der Waals surface area contributed by atoms with Crippen LogP contribution in [0.5, 0.6) is 0 Å². The predicted octanol–water partition coefficient (Wildman–Crippen LogP) is 12.4. The maximum Gasteiger partial charge on any atom is 0.0798 e. The quantitative estimate of drug-likeness (QED) is 0.200. The fourth-order valence-electron chi connectivity index (χ4n) is 9.23. The Kier molecular flexibility index (Phi) is 6.00. The van der Waals surface area contributed by atoms with Gasteiger partial charge in [-0.25, -0.2) is 0 Å². The highest BCUT2D eigenvalue weighted by atomic mass is 14.9. The van der Waals surface area contributed by atoms with Crippen molar-refractivity contribution in [2.24, 2.45) is 5.41 Å². The van der Waals surface area contributed by atoms with E-state index in [2.05, 4.69) is 187 Å². The Labute approximate surface area is 298 Å². The predicted molar refractivity (Wildman–Crippen MR) is 214 cm³/mol. The third kappa shape index (κ3) is 4.03. The van der Waals surface area contributed by atoms with Crippen LogP contribution in [0.15, 0.2) is 187 Å². The Morgan fingerprint density at radius 2 is 1.08 bits per heavy atom. The lowest BCUT2D eigenvalue weighted by atomic mass is 9.63. The van der Waals surface area contributed by atoms with Gasteiger partial charge in [0.1, 0.15) is 0 Å². The summed E-state index contributed by atoms with van der Waals surface area (Å²) in [6.07, 6.45) is 17.5. The zero-order chi connectivity index (χ0) is 33.5. The van der Waals surface area contributed by atoms with Gasteiger partial charge in [-0.05, 0) is 108 Å². The molecular weight excluding hydrogens is 615 g/mol. The molecule has 5 aliphatic carbocycles. The standard InChI is InChI=1S/C50H33N/c1-3-14-32(15-4-1)42-31-43-39-23-12-7-18-34(39)28-44(43)49(48(42)33-16-5-2-6-17-33)51-47-26-25-41-38-22-11-9-20-36(38)30-46(41)50(47)27-13-24-40-37-21-10-8-19-35(37)29-45(40)50/h1-27,29-31,51H,28H2. The zero-order valence-corrected chi connectivity index (χ0v) is 28.0. The van der Waals surface area contributed by atoms with E-state index < -0.39 is 5.41 Å². The summed E-state index contributed by atoms with van der Waals surface area (Å²) in [5.74, 6) is 0. The minimum Gasteiger partial charge on any atom is -0.357 e. The number of hydrogen-bond donors (Lipinski definition) is 1. The minimum atomic E-state index is -0.513. The van der Waals surface area contributed by atoms with Crippen molar-refractivity contribution in [2.75, 3.05) is 5.32 Å². The van der Waals surface area contributed by atoms with Gasteiger partial charge in [-0.2, -0.15) is 0 Å². The molecule has 0 fully saturated rings. The van der Waals surface area contributed by atoms with Crippen LogP contribution in [-0.4, -0.2) is 0 Å². The highest BCUT2D eigenvalue weighted by Crippen LogP contribution is 2.62. The Morgan fingerprint density at radius 1 is 0.490 bits per heavy atom. The van der Waals surface area contributed by atoms with Gasteiger partial charge in [0.2, 0.25) is 0 Å². The van der Waals surface area contributed by atoms with Crippen molar-refractivity contribution in [3.05, 3.63) is 220 Å². The Morgan fingerprint density at radius 3 is 1.78 bits per heavy atom. The molecule has 0 saturated heterocycles. The highest BCUT2D eigenvalue weighted by molar-refractivity contribution is 6.07. The van der Waals surface area contributed by atoms with E-state index in [0.29, 0.717) is 0 Å². The third-order valence-electron chi connectivity index (χ3n) is 11.5. The van der Waals surface area contributed by atoms with E-state index in [-0.39, 0.29) is 0 Å². The van der Waals surface area contributed by atoms with Crippen LogP contribution in [0, 0.1) is 5.41 Å². The summed E-state index contributed by atoms with van der Waals surface area (Å²) in [7, 11) is 0. The third-order valence-corrected chi connectivity index (χ3v) is 11.5. The fraction of sp³-hybridized carbons (Fsp3) is 0.0400. The molecule has 0 saturated carbocycles. The summed E-state index contributed by atoms with van der Waals surface area (Å²) in [4.78, 5) is 0. The lowest BCUT2D eigenvalue weighted by Gasteiger charge is -2.42. The summed E-state index contributed by atoms with van der Waals surface area (Å²) in [6, 6.07) is 50.9. The molecule has 0 heterocycles. The molecule has 238 valence electrons. The maximum absolute atomic E-state index is 4.29. The van der Waals surface area contributed by atoms with E-state index in [1.165, 1.54) is 100 Å². The van der Waals surface area contributed by atoms with Crippen LogP contribution in [0.4, 0.5) is 5.69 Å². The molecule has 11 rings (SSSR count). The first-order valence-corrected chi connectivity index (χ1v) is 17.9. The zero-order valence-electron chi connectivity index (χ0n) is 28.0. The second-order valence-electron chi connectivity index (χ2n) is 14.1. The molecule has 5 aliphatic rings. The lowest BCUT2D eigenvalue weighted by Crippen LogP contribution is -2.33. The summed E-state index contributed by atoms with van der Waals surface area (Å²) in [5, 5.41) is 4.29. The molecule has 0 bridgehead atoms. The summed E-state index contributed by atoms with van der Waals surface area (Å²) < 4.78 is 0. The SMILES string of the molecule is C1=CC2(C(Nc3c4c(cc(-c5ccccc5)c3-c3ccccc3)-c3ccccc3C4)=CC=C3C2=Cc2ccccc23)C2=Cc3ccccc3C2=C1. The molecule has 0 aliphatic heterocycles. The molecule has 0 radical (unpaired) electrons. The molecule has 6 aromatic rings. The van der Waals surface area contributed by atoms with Gasteiger partial charge in [-0.1, -0.05) is 158 Å². The molecule has 0 aromatic heterocycles. The maximum atomic E-state index is 4.29. The van der Waals surface area contributed by atoms with Crippen molar-refractivity contribution >= 4 is 29.0 Å². The van der Waals surface area contributed by atoms with Gasteiger partial charge in [0, 0.05) is 17.7 Å². The van der Waals surface area contributed by atoms with Crippen molar-refractivity contribution in [1.29, 1.82) is 0 Å². The first kappa shape index (κ1) is 28.4. The van der Waals surface area contributed by atoms with Crippen molar-refractivity contribution in [3.8, 4) is 33.4 Å². The van der Waals surface area contributed by atoms with Crippen LogP contribution >= 0.6 is 0 Å². The number of fused-ring (bicyclic) bond motifs is 11. The second-order valence-corrected chi connectivity index (χ2v) is 14.1. The molecule has 1 nitrogen and oxygen atoms in total. The summed E-state index contributed by atoms with van der Waals surface area (Å²) in [6.45, 7) is 0. The van der Waals surface area contributed by atoms with Crippen molar-refractivity contribution in [1.82, 2.24) is 0 Å². The van der Waals surface area contributed by atoms with Crippen molar-refractivity contribution < 1.29 is 0 Å². The average molecular weight is 648 g/mol. The summed E-state index contributed by atoms with van der Waals surface area (Å²) >= 11 is 0. The van der Waals surface area contributed by atoms with Gasteiger partial charge >= 0.3 is 0 Å². The van der Waals surface area contributed by atoms with Crippen LogP contribution in [0.2, 0.25) is 0 Å². The van der Waals surface area contributed by atoms with E-state index >= 15 is 0 Å². The molecule has 1 unspecified atom stereocenters. The van der Waals surface area contributed by atoms with Crippen molar-refractivity contribution in [3.63, 3.8) is 0 Å². The molecule has 6 aromatic carbocycles. The molecule has 1 heteroatoms. The van der Waals surface area contributed by atoms with Gasteiger partial charge in [0.05, 0.1) is 11.1 Å². The van der Waals surface area contributed by atoms with Crippen LogP contribution in [0.25, 0.3) is 56.7 Å². The van der Waals surface area contributed by atoms with Gasteiger partial charge in [0.25, 0.3) is 0 Å². The number of hydrogen-bond acceptors (Lipinski definition) is 1. The Balaban J connectivity index is 1.19. The Bertz CT molecular complexity index is 2640. The smallest absolute Gasteiger partial charge is 0.0798 e. The first-order valence-electron chi connectivity index (χ1n) is 17.9. The van der Waals surface area contributed by atoms with Crippen LogP contribution in [-0.2, 0) is 6.42 Å². The van der Waals surface area contributed by atoms with E-state index in [1.807, 2.05) is 0 Å². The van der Waals surface area contributed by atoms with Gasteiger partial charge in [-0.15, -0.1) is 0 Å². The fourth-order valence-corrected chi connectivity index (χ4v) is 9.23. The molecular formula is C50H33N. The molecule has 1 atom stereocenters. The number of rotatable bonds is 4. The van der Waals surface area contributed by atoms with Crippen LogP contribution in [0.1, 0.15) is 33.4 Å². The largest absolute Gasteiger partial charge is 0.357 e. The van der Waals surface area contributed by atoms with E-state index in [0.717, 1.165) is 6.42 Å². The molecule has 1 spiro atoms. The molecule has 1 N–H and O–H groups in total. The molecule has 0 amide bonds. The minimum absolute atomic E-state index is 0.513. The number of anilines is 1.